The van der Waals surface area contributed by atoms with Gasteiger partial charge in [0, 0.05) is 18.7 Å². The quantitative estimate of drug-likeness (QED) is 0.232. The van der Waals surface area contributed by atoms with Crippen LogP contribution in [0.25, 0.3) is 0 Å². The van der Waals surface area contributed by atoms with Gasteiger partial charge in [-0.05, 0) is 84.7 Å². The van der Waals surface area contributed by atoms with E-state index in [1.54, 1.807) is 23.1 Å². The van der Waals surface area contributed by atoms with Crippen LogP contribution in [0.15, 0.2) is 48.6 Å². The van der Waals surface area contributed by atoms with Crippen molar-refractivity contribution in [3.63, 3.8) is 0 Å². The van der Waals surface area contributed by atoms with Crippen molar-refractivity contribution in [1.29, 1.82) is 0 Å². The van der Waals surface area contributed by atoms with Gasteiger partial charge in [-0.15, -0.1) is 0 Å². The van der Waals surface area contributed by atoms with Crippen LogP contribution in [-0.2, 0) is 32.0 Å². The summed E-state index contributed by atoms with van der Waals surface area (Å²) in [5.74, 6) is 0.00865. The lowest BCUT2D eigenvalue weighted by atomic mass is 9.63. The number of rotatable bonds is 6. The second kappa shape index (κ2) is 9.15. The van der Waals surface area contributed by atoms with E-state index < -0.39 is 11.9 Å². The largest absolute Gasteiger partial charge is 0.426 e. The fourth-order valence-corrected chi connectivity index (χ4v) is 7.98. The maximum absolute atomic E-state index is 13.5. The summed E-state index contributed by atoms with van der Waals surface area (Å²) in [6.07, 6.45) is 7.18. The molecule has 8 rings (SSSR count). The number of para-hydroxylation sites is 1. The first kappa shape index (κ1) is 25.2. The monoisotopic (exact) mass is 538 g/mol. The van der Waals surface area contributed by atoms with Crippen LogP contribution in [0.1, 0.15) is 43.4 Å². The first-order valence-electron chi connectivity index (χ1n) is 14.6. The number of carbonyl (C=O) groups is 4. The third-order valence-electron chi connectivity index (χ3n) is 9.98. The van der Waals surface area contributed by atoms with Gasteiger partial charge in [0.1, 0.15) is 5.75 Å². The Morgan fingerprint density at radius 1 is 0.925 bits per heavy atom. The van der Waals surface area contributed by atoms with Crippen LogP contribution in [0.5, 0.6) is 5.75 Å². The minimum absolute atomic E-state index is 0.0716. The van der Waals surface area contributed by atoms with Crippen molar-refractivity contribution in [2.75, 3.05) is 16.3 Å². The molecule has 206 valence electrons. The van der Waals surface area contributed by atoms with Crippen molar-refractivity contribution >= 4 is 35.1 Å². The topological polar surface area (TPSA) is 84.0 Å². The number of aryl methyl sites for hydroxylation is 3. The molecular formula is C33H34N2O5. The van der Waals surface area contributed by atoms with Gasteiger partial charge in [0.05, 0.1) is 23.4 Å². The zero-order valence-electron chi connectivity index (χ0n) is 23.1. The summed E-state index contributed by atoms with van der Waals surface area (Å²) in [5.41, 5.74) is 4.38. The van der Waals surface area contributed by atoms with E-state index in [2.05, 4.69) is 26.0 Å². The van der Waals surface area contributed by atoms with E-state index in [-0.39, 0.29) is 54.4 Å². The second-order valence-electron chi connectivity index (χ2n) is 12.1. The Hall–Kier alpha value is -3.74. The highest BCUT2D eigenvalue weighted by molar-refractivity contribution is 6.23. The third-order valence-corrected chi connectivity index (χ3v) is 9.98. The molecule has 2 aromatic rings. The molecule has 7 atom stereocenters. The van der Waals surface area contributed by atoms with Crippen molar-refractivity contribution < 1.29 is 23.9 Å². The highest BCUT2D eigenvalue weighted by Crippen LogP contribution is 2.65. The lowest BCUT2D eigenvalue weighted by Crippen LogP contribution is -2.40. The normalized spacial score (nSPS) is 31.6. The Labute approximate surface area is 234 Å². The lowest BCUT2D eigenvalue weighted by Gasteiger charge is -2.37. The molecule has 4 aliphatic carbocycles. The van der Waals surface area contributed by atoms with E-state index in [1.807, 2.05) is 25.1 Å². The van der Waals surface area contributed by atoms with E-state index in [9.17, 15) is 19.2 Å². The van der Waals surface area contributed by atoms with Gasteiger partial charge in [-0.25, -0.2) is 4.90 Å². The Morgan fingerprint density at radius 2 is 1.55 bits per heavy atom. The van der Waals surface area contributed by atoms with Gasteiger partial charge >= 0.3 is 5.97 Å². The molecular weight excluding hydrogens is 504 g/mol. The van der Waals surface area contributed by atoms with Gasteiger partial charge in [-0.1, -0.05) is 44.2 Å². The zero-order valence-corrected chi connectivity index (χ0v) is 23.1. The number of hydrogen-bond acceptors (Lipinski definition) is 5. The number of anilines is 2. The summed E-state index contributed by atoms with van der Waals surface area (Å²) in [7, 11) is 0. The molecule has 6 aliphatic rings. The van der Waals surface area contributed by atoms with Crippen LogP contribution >= 0.6 is 0 Å². The Balaban J connectivity index is 1.07. The number of hydrogen-bond donors (Lipinski definition) is 0. The van der Waals surface area contributed by atoms with Crippen molar-refractivity contribution in [2.24, 2.45) is 41.4 Å². The summed E-state index contributed by atoms with van der Waals surface area (Å²) in [5, 5.41) is 0. The minimum atomic E-state index is -0.568. The van der Waals surface area contributed by atoms with E-state index in [4.69, 9.17) is 4.74 Å². The molecule has 2 aromatic carbocycles. The Bertz CT molecular complexity index is 1440. The molecule has 3 amide bonds. The predicted octanol–water partition coefficient (Wildman–Crippen LogP) is 4.64. The van der Waals surface area contributed by atoms with Crippen molar-refractivity contribution in [1.82, 2.24) is 0 Å². The number of nitrogens with zero attached hydrogens (tertiary/aromatic N) is 2. The number of ether oxygens (including phenoxy) is 1. The number of amides is 3. The molecule has 4 fully saturated rings. The predicted molar refractivity (Wildman–Crippen MR) is 150 cm³/mol. The third kappa shape index (κ3) is 3.62. The van der Waals surface area contributed by atoms with Crippen LogP contribution in [-0.4, -0.2) is 30.2 Å². The smallest absolute Gasteiger partial charge is 0.316 e. The van der Waals surface area contributed by atoms with Gasteiger partial charge in [0.25, 0.3) is 0 Å². The lowest BCUT2D eigenvalue weighted by molar-refractivity contribution is -0.139. The summed E-state index contributed by atoms with van der Waals surface area (Å²) in [6.45, 7) is 6.25. The summed E-state index contributed by atoms with van der Waals surface area (Å²) < 4.78 is 5.74. The van der Waals surface area contributed by atoms with Crippen molar-refractivity contribution in [3.05, 3.63) is 65.2 Å². The fraction of sp³-hybridized carbons (Fsp3) is 0.455. The molecule has 0 unspecified atom stereocenters. The molecule has 7 nitrogen and oxygen atoms in total. The van der Waals surface area contributed by atoms with Crippen molar-refractivity contribution in [3.8, 4) is 5.75 Å². The molecule has 40 heavy (non-hydrogen) atoms. The second-order valence-corrected chi connectivity index (χ2v) is 12.1. The van der Waals surface area contributed by atoms with Crippen molar-refractivity contribution in [2.45, 2.75) is 46.5 Å². The fourth-order valence-electron chi connectivity index (χ4n) is 7.98. The average Bonchev–Trinajstić information content (AvgIpc) is 3.64. The van der Waals surface area contributed by atoms with E-state index >= 15 is 0 Å². The van der Waals surface area contributed by atoms with E-state index in [1.165, 1.54) is 4.90 Å². The van der Waals surface area contributed by atoms with Crippen LogP contribution in [0.3, 0.4) is 0 Å². The molecule has 2 bridgehead atoms. The molecule has 0 aromatic heterocycles. The van der Waals surface area contributed by atoms with Crippen LogP contribution in [0, 0.1) is 48.3 Å². The van der Waals surface area contributed by atoms with E-state index in [0.29, 0.717) is 28.8 Å². The number of benzene rings is 2. The Morgan fingerprint density at radius 3 is 2.12 bits per heavy atom. The van der Waals surface area contributed by atoms with E-state index in [0.717, 1.165) is 36.1 Å². The van der Waals surface area contributed by atoms with Crippen LogP contribution < -0.4 is 14.5 Å². The number of imide groups is 1. The summed E-state index contributed by atoms with van der Waals surface area (Å²) in [6, 6.07) is 11.1. The highest BCUT2D eigenvalue weighted by Gasteiger charge is 2.67. The molecule has 2 aliphatic heterocycles. The first-order chi connectivity index (χ1) is 19.3. The molecule has 0 N–H and O–H groups in total. The molecule has 2 heterocycles. The van der Waals surface area contributed by atoms with Crippen LogP contribution in [0.2, 0.25) is 0 Å². The SMILES string of the molecule is CCc1cccc(CC)c1N1C[C@H](C(=O)Oc2ccc(N3C(=O)[C@@H]4[C@H]5C=C[C@@H]([C@@H]6C[C@@H]56)[C@H]4C3=O)c(C)c2)CC1=O. The zero-order chi connectivity index (χ0) is 27.9. The molecule has 0 radical (unpaired) electrons. The standard InChI is InChI=1S/C33H34N2O5/c1-4-18-7-6-8-19(5-2)30(18)34-16-20(14-27(34)36)33(39)40-21-9-12-26(17(3)13-21)35-31(37)28-22-10-11-23(25-15-24(22)25)29(28)32(35)38/h6-13,20,22-25,28-29H,4-5,14-16H2,1-3H3/t20-,22+,23+,24+,25+,28-,29-/m1/s1. The minimum Gasteiger partial charge on any atom is -0.426 e. The highest BCUT2D eigenvalue weighted by atomic mass is 16.5. The Kier molecular flexibility index (Phi) is 5.77. The first-order valence-corrected chi connectivity index (χ1v) is 14.6. The van der Waals surface area contributed by atoms with Gasteiger partial charge < -0.3 is 9.64 Å². The average molecular weight is 539 g/mol. The maximum atomic E-state index is 13.5. The number of allylic oxidation sites excluding steroid dienone is 2. The molecule has 0 spiro atoms. The van der Waals surface area contributed by atoms with Gasteiger partial charge in [0.15, 0.2) is 0 Å². The molecule has 2 saturated carbocycles. The number of carbonyl (C=O) groups excluding carboxylic acids is 4. The maximum Gasteiger partial charge on any atom is 0.316 e. The summed E-state index contributed by atoms with van der Waals surface area (Å²) >= 11 is 0. The molecule has 2 saturated heterocycles. The number of esters is 1. The van der Waals surface area contributed by atoms with Gasteiger partial charge in [-0.2, -0.15) is 0 Å². The van der Waals surface area contributed by atoms with Crippen LogP contribution in [0.4, 0.5) is 11.4 Å². The van der Waals surface area contributed by atoms with Gasteiger partial charge in [-0.3, -0.25) is 19.2 Å². The molecule has 7 heteroatoms. The summed E-state index contributed by atoms with van der Waals surface area (Å²) in [4.78, 5) is 56.3. The van der Waals surface area contributed by atoms with Gasteiger partial charge in [0.2, 0.25) is 17.7 Å².